The number of hydrogen-bond acceptors (Lipinski definition) is 5. The van der Waals surface area contributed by atoms with E-state index >= 15 is 0 Å². The average molecular weight is 407 g/mol. The number of aromatic nitrogens is 2. The van der Waals surface area contributed by atoms with Crippen molar-refractivity contribution in [1.29, 1.82) is 0 Å². The summed E-state index contributed by atoms with van der Waals surface area (Å²) >= 11 is 7.40. The Kier molecular flexibility index (Phi) is 5.82. The van der Waals surface area contributed by atoms with Crippen LogP contribution < -0.4 is 9.61 Å². The number of halogens is 1. The van der Waals surface area contributed by atoms with Gasteiger partial charge in [0.15, 0.2) is 0 Å². The van der Waals surface area contributed by atoms with E-state index < -0.39 is 5.97 Å². The van der Waals surface area contributed by atoms with Gasteiger partial charge in [0, 0.05) is 18.8 Å². The van der Waals surface area contributed by atoms with E-state index in [1.165, 1.54) is 4.57 Å². The molecule has 0 saturated carbocycles. The lowest BCUT2D eigenvalue weighted by molar-refractivity contribution is -0.137. The van der Waals surface area contributed by atoms with Crippen LogP contribution in [-0.4, -0.2) is 20.6 Å². The Morgan fingerprint density at radius 3 is 2.81 bits per heavy atom. The van der Waals surface area contributed by atoms with Crippen LogP contribution in [0.3, 0.4) is 0 Å². The lowest BCUT2D eigenvalue weighted by Crippen LogP contribution is -2.15. The van der Waals surface area contributed by atoms with Crippen molar-refractivity contribution in [1.82, 2.24) is 9.55 Å². The van der Waals surface area contributed by atoms with Crippen LogP contribution in [0.5, 0.6) is 5.75 Å². The fraction of sp³-hybridized carbons (Fsp3) is 0.316. The Bertz CT molecular complexity index is 1030. The van der Waals surface area contributed by atoms with Gasteiger partial charge >= 0.3 is 10.8 Å². The van der Waals surface area contributed by atoms with Gasteiger partial charge in [0.2, 0.25) is 0 Å². The molecule has 1 unspecified atom stereocenters. The molecule has 0 saturated heterocycles. The van der Waals surface area contributed by atoms with E-state index in [2.05, 4.69) is 11.9 Å². The predicted molar refractivity (Wildman–Crippen MR) is 106 cm³/mol. The SMILES string of the molecule is CCc1ccc(C(C)Oc2cc3sc(=O)n(CCC(=O)O)c3cc2Cl)nc1. The normalized spacial score (nSPS) is 12.3. The molecule has 0 radical (unpaired) electrons. The molecule has 3 aromatic rings. The van der Waals surface area contributed by atoms with Gasteiger partial charge in [-0.1, -0.05) is 35.9 Å². The molecule has 1 aromatic carbocycles. The van der Waals surface area contributed by atoms with Gasteiger partial charge in [-0.25, -0.2) is 0 Å². The first-order chi connectivity index (χ1) is 12.9. The van der Waals surface area contributed by atoms with Gasteiger partial charge < -0.3 is 9.84 Å². The first-order valence-corrected chi connectivity index (χ1v) is 9.74. The summed E-state index contributed by atoms with van der Waals surface area (Å²) in [5, 5.41) is 9.21. The largest absolute Gasteiger partial charge is 0.483 e. The van der Waals surface area contributed by atoms with E-state index in [1.54, 1.807) is 12.1 Å². The van der Waals surface area contributed by atoms with Crippen LogP contribution in [0, 0.1) is 0 Å². The van der Waals surface area contributed by atoms with Crippen LogP contribution in [0.25, 0.3) is 10.2 Å². The average Bonchev–Trinajstić information content (AvgIpc) is 2.94. The van der Waals surface area contributed by atoms with E-state index in [9.17, 15) is 9.59 Å². The summed E-state index contributed by atoms with van der Waals surface area (Å²) in [6.45, 7) is 4.06. The highest BCUT2D eigenvalue weighted by Crippen LogP contribution is 2.34. The number of rotatable bonds is 7. The number of thiazole rings is 1. The third-order valence-electron chi connectivity index (χ3n) is 4.25. The zero-order chi connectivity index (χ0) is 19.6. The van der Waals surface area contributed by atoms with Crippen LogP contribution in [0.15, 0.2) is 35.3 Å². The van der Waals surface area contributed by atoms with Gasteiger partial charge in [0.05, 0.1) is 27.4 Å². The van der Waals surface area contributed by atoms with Crippen LogP contribution in [-0.2, 0) is 17.8 Å². The summed E-state index contributed by atoms with van der Waals surface area (Å²) in [5.41, 5.74) is 2.55. The number of aryl methyl sites for hydroxylation is 2. The first kappa shape index (κ1) is 19.4. The van der Waals surface area contributed by atoms with Crippen molar-refractivity contribution in [2.45, 2.75) is 39.3 Å². The van der Waals surface area contributed by atoms with Crippen LogP contribution in [0.4, 0.5) is 0 Å². The molecular formula is C19H19ClN2O4S. The quantitative estimate of drug-likeness (QED) is 0.633. The number of fused-ring (bicyclic) bond motifs is 1. The fourth-order valence-corrected chi connectivity index (χ4v) is 3.84. The zero-order valence-corrected chi connectivity index (χ0v) is 16.5. The molecule has 0 spiro atoms. The molecule has 0 aliphatic heterocycles. The van der Waals surface area contributed by atoms with Crippen molar-refractivity contribution in [3.8, 4) is 5.75 Å². The van der Waals surface area contributed by atoms with Crippen molar-refractivity contribution in [3.05, 3.63) is 56.4 Å². The summed E-state index contributed by atoms with van der Waals surface area (Å²) in [6, 6.07) is 7.31. The highest BCUT2D eigenvalue weighted by atomic mass is 35.5. The van der Waals surface area contributed by atoms with Crippen molar-refractivity contribution in [2.75, 3.05) is 0 Å². The molecule has 2 heterocycles. The second-order valence-corrected chi connectivity index (χ2v) is 7.52. The number of carboxylic acids is 1. The van der Waals surface area contributed by atoms with Crippen LogP contribution in [0.2, 0.25) is 5.02 Å². The number of nitrogens with zero attached hydrogens (tertiary/aromatic N) is 2. The molecule has 0 aliphatic rings. The summed E-state index contributed by atoms with van der Waals surface area (Å²) in [5.74, 6) is -0.493. The Balaban J connectivity index is 1.87. The lowest BCUT2D eigenvalue weighted by Gasteiger charge is -2.16. The highest BCUT2D eigenvalue weighted by molar-refractivity contribution is 7.16. The Morgan fingerprint density at radius 1 is 1.41 bits per heavy atom. The third-order valence-corrected chi connectivity index (χ3v) is 5.48. The molecule has 0 fully saturated rings. The Morgan fingerprint density at radius 2 is 2.19 bits per heavy atom. The van der Waals surface area contributed by atoms with Crippen molar-refractivity contribution < 1.29 is 14.6 Å². The molecule has 8 heteroatoms. The fourth-order valence-electron chi connectivity index (χ4n) is 2.71. The second kappa shape index (κ2) is 8.10. The predicted octanol–water partition coefficient (Wildman–Crippen LogP) is 4.29. The minimum absolute atomic E-state index is 0.106. The molecule has 27 heavy (non-hydrogen) atoms. The molecule has 2 aromatic heterocycles. The van der Waals surface area contributed by atoms with E-state index in [0.717, 1.165) is 29.0 Å². The number of carbonyl (C=O) groups is 1. The molecule has 6 nitrogen and oxygen atoms in total. The lowest BCUT2D eigenvalue weighted by atomic mass is 10.2. The number of carboxylic acid groups (broad SMARTS) is 1. The van der Waals surface area contributed by atoms with E-state index in [1.807, 2.05) is 25.3 Å². The van der Waals surface area contributed by atoms with Crippen LogP contribution >= 0.6 is 22.9 Å². The van der Waals surface area contributed by atoms with Crippen LogP contribution in [0.1, 0.15) is 37.6 Å². The minimum atomic E-state index is -0.956. The maximum atomic E-state index is 12.2. The van der Waals surface area contributed by atoms with Crippen molar-refractivity contribution in [3.63, 3.8) is 0 Å². The Labute approximate surface area is 165 Å². The van der Waals surface area contributed by atoms with Gasteiger partial charge in [0.25, 0.3) is 0 Å². The van der Waals surface area contributed by atoms with E-state index in [0.29, 0.717) is 21.0 Å². The minimum Gasteiger partial charge on any atom is -0.483 e. The number of benzene rings is 1. The maximum Gasteiger partial charge on any atom is 0.308 e. The topological polar surface area (TPSA) is 81.4 Å². The third kappa shape index (κ3) is 4.31. The molecule has 1 atom stereocenters. The van der Waals surface area contributed by atoms with Gasteiger partial charge in [-0.05, 0) is 31.0 Å². The first-order valence-electron chi connectivity index (χ1n) is 8.55. The molecular weight excluding hydrogens is 388 g/mol. The van der Waals surface area contributed by atoms with E-state index in [4.69, 9.17) is 21.4 Å². The van der Waals surface area contributed by atoms with Gasteiger partial charge in [-0.15, -0.1) is 0 Å². The standard InChI is InChI=1S/C19H19ClN2O4S/c1-3-12-4-5-14(21-10-12)11(2)26-16-9-17-15(8-13(16)20)22(19(25)27-17)7-6-18(23)24/h4-5,8-11H,3,6-7H2,1-2H3,(H,23,24). The molecule has 0 aliphatic carbocycles. The monoisotopic (exact) mass is 406 g/mol. The summed E-state index contributed by atoms with van der Waals surface area (Å²) in [4.78, 5) is 27.2. The van der Waals surface area contributed by atoms with Gasteiger partial charge in [0.1, 0.15) is 11.9 Å². The van der Waals surface area contributed by atoms with Gasteiger partial charge in [-0.3, -0.25) is 19.1 Å². The molecule has 0 bridgehead atoms. The van der Waals surface area contributed by atoms with Gasteiger partial charge in [-0.2, -0.15) is 0 Å². The molecule has 142 valence electrons. The smallest absolute Gasteiger partial charge is 0.308 e. The molecule has 1 N–H and O–H groups in total. The highest BCUT2D eigenvalue weighted by Gasteiger charge is 2.16. The van der Waals surface area contributed by atoms with Crippen molar-refractivity contribution in [2.24, 2.45) is 0 Å². The number of aliphatic carboxylic acids is 1. The number of hydrogen-bond donors (Lipinski definition) is 1. The van der Waals surface area contributed by atoms with Crippen molar-refractivity contribution >= 4 is 39.1 Å². The zero-order valence-electron chi connectivity index (χ0n) is 14.9. The number of pyridine rings is 1. The number of ether oxygens (including phenoxy) is 1. The Hall–Kier alpha value is -2.38. The second-order valence-electron chi connectivity index (χ2n) is 6.12. The molecule has 3 rings (SSSR count). The summed E-state index contributed by atoms with van der Waals surface area (Å²) in [6.07, 6.45) is 2.31. The maximum absolute atomic E-state index is 12.2. The van der Waals surface area contributed by atoms with E-state index in [-0.39, 0.29) is 23.9 Å². The summed E-state index contributed by atoms with van der Waals surface area (Å²) < 4.78 is 8.10. The molecule has 0 amide bonds. The summed E-state index contributed by atoms with van der Waals surface area (Å²) in [7, 11) is 0.